The second-order valence-corrected chi connectivity index (χ2v) is 5.63. The fourth-order valence-corrected chi connectivity index (χ4v) is 3.11. The minimum atomic E-state index is 0.211. The predicted octanol–water partition coefficient (Wildman–Crippen LogP) is 4.01. The van der Waals surface area contributed by atoms with Crippen LogP contribution < -0.4 is 5.32 Å². The molecule has 100 valence electrons. The molecule has 1 fully saturated rings. The van der Waals surface area contributed by atoms with Crippen molar-refractivity contribution < 1.29 is 5.11 Å². The molecule has 2 rings (SSSR count). The van der Waals surface area contributed by atoms with Crippen LogP contribution in [-0.4, -0.2) is 11.1 Å². The lowest BCUT2D eigenvalue weighted by Crippen LogP contribution is -2.36. The second kappa shape index (κ2) is 6.24. The molecule has 0 bridgehead atoms. The number of phenolic OH excluding ortho intramolecular Hbond substituents is 1. The van der Waals surface area contributed by atoms with Gasteiger partial charge in [-0.05, 0) is 38.7 Å². The van der Waals surface area contributed by atoms with E-state index in [4.69, 9.17) is 0 Å². The average molecular weight is 247 g/mol. The van der Waals surface area contributed by atoms with Gasteiger partial charge < -0.3 is 10.4 Å². The number of hydrogen-bond acceptors (Lipinski definition) is 2. The number of benzene rings is 1. The molecule has 0 saturated heterocycles. The minimum Gasteiger partial charge on any atom is -0.508 e. The zero-order valence-electron chi connectivity index (χ0n) is 11.5. The van der Waals surface area contributed by atoms with E-state index >= 15 is 0 Å². The van der Waals surface area contributed by atoms with Crippen LogP contribution in [0.5, 0.6) is 5.75 Å². The summed E-state index contributed by atoms with van der Waals surface area (Å²) in [6.45, 7) is 4.42. The Bertz CT molecular complexity index is 371. The third-order valence-electron chi connectivity index (χ3n) is 4.27. The predicted molar refractivity (Wildman–Crippen MR) is 75.7 cm³/mol. The average Bonchev–Trinajstić information content (AvgIpc) is 2.40. The Labute approximate surface area is 110 Å². The fourth-order valence-electron chi connectivity index (χ4n) is 3.11. The summed E-state index contributed by atoms with van der Waals surface area (Å²) >= 11 is 0. The molecule has 2 nitrogen and oxygen atoms in total. The van der Waals surface area contributed by atoms with Crippen molar-refractivity contribution in [2.45, 2.75) is 58.0 Å². The minimum absolute atomic E-state index is 0.211. The highest BCUT2D eigenvalue weighted by molar-refractivity contribution is 5.34. The molecule has 0 radical (unpaired) electrons. The first-order chi connectivity index (χ1) is 8.68. The Morgan fingerprint density at radius 2 is 1.78 bits per heavy atom. The summed E-state index contributed by atoms with van der Waals surface area (Å²) in [6.07, 6.45) is 6.85. The molecule has 1 aliphatic rings. The Kier molecular flexibility index (Phi) is 4.65. The summed E-state index contributed by atoms with van der Waals surface area (Å²) in [5, 5.41) is 13.5. The number of nitrogens with one attached hydrogen (secondary N) is 1. The van der Waals surface area contributed by atoms with Gasteiger partial charge in [-0.3, -0.25) is 0 Å². The van der Waals surface area contributed by atoms with Crippen molar-refractivity contribution in [3.63, 3.8) is 0 Å². The summed E-state index contributed by atoms with van der Waals surface area (Å²) in [4.78, 5) is 0. The summed E-state index contributed by atoms with van der Waals surface area (Å²) < 4.78 is 0. The van der Waals surface area contributed by atoms with E-state index in [-0.39, 0.29) is 6.04 Å². The molecule has 18 heavy (non-hydrogen) atoms. The summed E-state index contributed by atoms with van der Waals surface area (Å²) in [5.41, 5.74) is 1.00. The number of rotatable bonds is 4. The lowest BCUT2D eigenvalue weighted by atomic mass is 9.84. The topological polar surface area (TPSA) is 32.3 Å². The van der Waals surface area contributed by atoms with Gasteiger partial charge in [-0.25, -0.2) is 0 Å². The summed E-state index contributed by atoms with van der Waals surface area (Å²) in [6, 6.07) is 8.36. The van der Waals surface area contributed by atoms with Crippen LogP contribution in [0.15, 0.2) is 24.3 Å². The van der Waals surface area contributed by atoms with Crippen molar-refractivity contribution in [3.05, 3.63) is 29.8 Å². The summed E-state index contributed by atoms with van der Waals surface area (Å²) in [7, 11) is 0. The smallest absolute Gasteiger partial charge is 0.120 e. The van der Waals surface area contributed by atoms with Crippen molar-refractivity contribution in [1.82, 2.24) is 5.32 Å². The lowest BCUT2D eigenvalue weighted by Gasteiger charge is -2.31. The zero-order valence-corrected chi connectivity index (χ0v) is 11.5. The normalized spacial score (nSPS) is 20.6. The number of para-hydroxylation sites is 1. The Hall–Kier alpha value is -1.02. The molecule has 0 spiro atoms. The van der Waals surface area contributed by atoms with Gasteiger partial charge in [-0.2, -0.15) is 0 Å². The number of hydrogen-bond donors (Lipinski definition) is 2. The van der Waals surface area contributed by atoms with Gasteiger partial charge in [0.15, 0.2) is 0 Å². The summed E-state index contributed by atoms with van der Waals surface area (Å²) in [5.74, 6) is 1.19. The fraction of sp³-hybridized carbons (Fsp3) is 0.625. The van der Waals surface area contributed by atoms with Crippen molar-refractivity contribution >= 4 is 0 Å². The van der Waals surface area contributed by atoms with Gasteiger partial charge in [0, 0.05) is 17.6 Å². The zero-order chi connectivity index (χ0) is 13.0. The van der Waals surface area contributed by atoms with E-state index in [9.17, 15) is 5.11 Å². The molecule has 0 aliphatic heterocycles. The van der Waals surface area contributed by atoms with Gasteiger partial charge in [0.05, 0.1) is 0 Å². The van der Waals surface area contributed by atoms with Gasteiger partial charge in [0.25, 0.3) is 0 Å². The van der Waals surface area contributed by atoms with Crippen LogP contribution in [0.25, 0.3) is 0 Å². The molecule has 1 unspecified atom stereocenters. The van der Waals surface area contributed by atoms with Crippen molar-refractivity contribution in [3.8, 4) is 5.75 Å². The van der Waals surface area contributed by atoms with E-state index in [1.165, 1.54) is 32.1 Å². The third-order valence-corrected chi connectivity index (χ3v) is 4.27. The second-order valence-electron chi connectivity index (χ2n) is 5.63. The maximum atomic E-state index is 9.86. The Balaban J connectivity index is 1.94. The van der Waals surface area contributed by atoms with E-state index in [1.807, 2.05) is 18.2 Å². The Morgan fingerprint density at radius 3 is 2.44 bits per heavy atom. The van der Waals surface area contributed by atoms with Gasteiger partial charge in [0.2, 0.25) is 0 Å². The van der Waals surface area contributed by atoms with Crippen LogP contribution >= 0.6 is 0 Å². The molecule has 0 aromatic heterocycles. The van der Waals surface area contributed by atoms with Crippen molar-refractivity contribution in [1.29, 1.82) is 0 Å². The lowest BCUT2D eigenvalue weighted by molar-refractivity contribution is 0.267. The van der Waals surface area contributed by atoms with E-state index in [1.54, 1.807) is 6.07 Å². The van der Waals surface area contributed by atoms with Crippen LogP contribution in [-0.2, 0) is 0 Å². The molecule has 2 N–H and O–H groups in total. The molecule has 1 aromatic rings. The van der Waals surface area contributed by atoms with Crippen LogP contribution in [0.3, 0.4) is 0 Å². The number of phenols is 1. The van der Waals surface area contributed by atoms with Gasteiger partial charge in [-0.1, -0.05) is 37.5 Å². The SMILES string of the molecule is CC(N[C@H](C)C1CCCCC1)c1ccccc1O. The van der Waals surface area contributed by atoms with E-state index in [0.29, 0.717) is 11.8 Å². The molecule has 1 aromatic carbocycles. The first kappa shape index (κ1) is 13.4. The molecule has 2 atom stereocenters. The highest BCUT2D eigenvalue weighted by Gasteiger charge is 2.22. The van der Waals surface area contributed by atoms with Crippen molar-refractivity contribution in [2.75, 3.05) is 0 Å². The van der Waals surface area contributed by atoms with Crippen LogP contribution in [0.1, 0.15) is 57.6 Å². The van der Waals surface area contributed by atoms with Crippen molar-refractivity contribution in [2.24, 2.45) is 5.92 Å². The standard InChI is InChI=1S/C16H25NO/c1-12(14-8-4-3-5-9-14)17-13(2)15-10-6-7-11-16(15)18/h6-7,10-14,17-18H,3-5,8-9H2,1-2H3/t12-,13?/m1/s1. The largest absolute Gasteiger partial charge is 0.508 e. The van der Waals surface area contributed by atoms with Gasteiger partial charge >= 0.3 is 0 Å². The molecular formula is C16H25NO. The van der Waals surface area contributed by atoms with Crippen LogP contribution in [0.4, 0.5) is 0 Å². The highest BCUT2D eigenvalue weighted by Crippen LogP contribution is 2.29. The van der Waals surface area contributed by atoms with E-state index < -0.39 is 0 Å². The molecule has 1 aliphatic carbocycles. The van der Waals surface area contributed by atoms with E-state index in [0.717, 1.165) is 11.5 Å². The quantitative estimate of drug-likeness (QED) is 0.842. The maximum absolute atomic E-state index is 9.86. The van der Waals surface area contributed by atoms with Crippen LogP contribution in [0.2, 0.25) is 0 Å². The van der Waals surface area contributed by atoms with Crippen LogP contribution in [0, 0.1) is 5.92 Å². The van der Waals surface area contributed by atoms with Gasteiger partial charge in [-0.15, -0.1) is 0 Å². The molecular weight excluding hydrogens is 222 g/mol. The molecule has 2 heteroatoms. The van der Waals surface area contributed by atoms with Gasteiger partial charge in [0.1, 0.15) is 5.75 Å². The third kappa shape index (κ3) is 3.26. The first-order valence-corrected chi connectivity index (χ1v) is 7.22. The Morgan fingerprint density at radius 1 is 1.11 bits per heavy atom. The number of aromatic hydroxyl groups is 1. The molecule has 0 heterocycles. The first-order valence-electron chi connectivity index (χ1n) is 7.22. The van der Waals surface area contributed by atoms with E-state index in [2.05, 4.69) is 19.2 Å². The highest BCUT2D eigenvalue weighted by atomic mass is 16.3. The maximum Gasteiger partial charge on any atom is 0.120 e. The monoisotopic (exact) mass is 247 g/mol. The molecule has 0 amide bonds. The molecule has 1 saturated carbocycles.